The number of benzene rings is 5. The lowest BCUT2D eigenvalue weighted by Gasteiger charge is -2.11. The van der Waals surface area contributed by atoms with Gasteiger partial charge in [-0.1, -0.05) is 115 Å². The minimum absolute atomic E-state index is 0.986. The minimum Gasteiger partial charge on any atom is -0.309 e. The number of pyridine rings is 1. The zero-order chi connectivity index (χ0) is 25.7. The molecular weight excluding hydrogens is 460 g/mol. The minimum atomic E-state index is 0.986. The van der Waals surface area contributed by atoms with E-state index in [1.807, 2.05) is 42.6 Å². The maximum atomic E-state index is 4.58. The molecule has 0 fully saturated rings. The molecule has 0 radical (unpaired) electrons. The van der Waals surface area contributed by atoms with Crippen LogP contribution in [0.1, 0.15) is 5.56 Å². The van der Waals surface area contributed by atoms with Crippen LogP contribution in [0.5, 0.6) is 0 Å². The second-order valence-corrected chi connectivity index (χ2v) is 9.37. The molecule has 2 heterocycles. The summed E-state index contributed by atoms with van der Waals surface area (Å²) < 4.78 is 2.35. The van der Waals surface area contributed by atoms with E-state index < -0.39 is 0 Å². The summed E-state index contributed by atoms with van der Waals surface area (Å²) in [6, 6.07) is 50.8. The standard InChI is InChI=1S/C29H20N2.C7H8/c1-2-9-21(10-3-1)27-20-23(17-18-30-27)22-11-8-12-24(19-22)31-28-15-6-4-13-25(28)26-14-5-7-16-29(26)31;1-7-5-3-2-4-6-7/h1-20H;2-6H,1H3. The maximum Gasteiger partial charge on any atom is 0.0708 e. The van der Waals surface area contributed by atoms with Crippen molar-refractivity contribution in [2.24, 2.45) is 0 Å². The zero-order valence-corrected chi connectivity index (χ0v) is 21.3. The highest BCUT2D eigenvalue weighted by Gasteiger charge is 2.12. The van der Waals surface area contributed by atoms with Crippen LogP contribution in [0.2, 0.25) is 0 Å². The molecule has 0 spiro atoms. The van der Waals surface area contributed by atoms with Crippen molar-refractivity contribution in [1.29, 1.82) is 0 Å². The van der Waals surface area contributed by atoms with Crippen LogP contribution in [0, 0.1) is 6.92 Å². The van der Waals surface area contributed by atoms with Gasteiger partial charge in [0.25, 0.3) is 0 Å². The number of nitrogens with zero attached hydrogens (tertiary/aromatic N) is 2. The van der Waals surface area contributed by atoms with Crippen molar-refractivity contribution >= 4 is 21.8 Å². The number of para-hydroxylation sites is 2. The highest BCUT2D eigenvalue weighted by atomic mass is 15.0. The fourth-order valence-corrected chi connectivity index (χ4v) is 4.94. The van der Waals surface area contributed by atoms with Crippen molar-refractivity contribution in [2.75, 3.05) is 0 Å². The molecule has 0 N–H and O–H groups in total. The van der Waals surface area contributed by atoms with Crippen molar-refractivity contribution < 1.29 is 0 Å². The van der Waals surface area contributed by atoms with Crippen LogP contribution in [0.4, 0.5) is 0 Å². The second kappa shape index (κ2) is 10.6. The first-order valence-corrected chi connectivity index (χ1v) is 12.9. The summed E-state index contributed by atoms with van der Waals surface area (Å²) in [4.78, 5) is 4.58. The van der Waals surface area contributed by atoms with Crippen LogP contribution in [-0.4, -0.2) is 9.55 Å². The van der Waals surface area contributed by atoms with E-state index in [0.717, 1.165) is 22.5 Å². The average Bonchev–Trinajstić information content (AvgIpc) is 3.33. The van der Waals surface area contributed by atoms with Crippen molar-refractivity contribution in [3.05, 3.63) is 157 Å². The molecule has 0 amide bonds. The van der Waals surface area contributed by atoms with Crippen LogP contribution in [0.25, 0.3) is 49.9 Å². The lowest BCUT2D eigenvalue weighted by Crippen LogP contribution is -1.94. The van der Waals surface area contributed by atoms with E-state index in [1.54, 1.807) is 0 Å². The largest absolute Gasteiger partial charge is 0.309 e. The molecule has 7 rings (SSSR count). The molecule has 2 nitrogen and oxygen atoms in total. The Morgan fingerprint density at radius 3 is 1.66 bits per heavy atom. The van der Waals surface area contributed by atoms with E-state index in [1.165, 1.54) is 32.9 Å². The van der Waals surface area contributed by atoms with Gasteiger partial charge in [-0.15, -0.1) is 0 Å². The summed E-state index contributed by atoms with van der Waals surface area (Å²) in [5.41, 5.74) is 9.38. The van der Waals surface area contributed by atoms with Gasteiger partial charge >= 0.3 is 0 Å². The van der Waals surface area contributed by atoms with Gasteiger partial charge in [-0.2, -0.15) is 0 Å². The van der Waals surface area contributed by atoms with E-state index in [-0.39, 0.29) is 0 Å². The Morgan fingerprint density at radius 1 is 0.474 bits per heavy atom. The summed E-state index contributed by atoms with van der Waals surface area (Å²) >= 11 is 0. The lowest BCUT2D eigenvalue weighted by molar-refractivity contribution is 1.18. The summed E-state index contributed by atoms with van der Waals surface area (Å²) in [5, 5.41) is 2.55. The van der Waals surface area contributed by atoms with Gasteiger partial charge < -0.3 is 4.57 Å². The molecule has 0 aliphatic heterocycles. The molecule has 0 aliphatic carbocycles. The molecule has 0 atom stereocenters. The third-order valence-corrected chi connectivity index (χ3v) is 6.79. The SMILES string of the molecule is Cc1ccccc1.c1ccc(-c2cc(-c3cccc(-n4c5ccccc5c5ccccc54)c3)ccn2)cc1. The number of rotatable bonds is 3. The van der Waals surface area contributed by atoms with Gasteiger partial charge in [0, 0.05) is 28.2 Å². The van der Waals surface area contributed by atoms with Gasteiger partial charge in [-0.25, -0.2) is 0 Å². The third-order valence-electron chi connectivity index (χ3n) is 6.79. The monoisotopic (exact) mass is 488 g/mol. The van der Waals surface area contributed by atoms with E-state index in [4.69, 9.17) is 0 Å². The summed E-state index contributed by atoms with van der Waals surface area (Å²) in [6.45, 7) is 2.08. The average molecular weight is 489 g/mol. The molecule has 2 aromatic heterocycles. The molecule has 182 valence electrons. The van der Waals surface area contributed by atoms with Crippen LogP contribution in [0.3, 0.4) is 0 Å². The van der Waals surface area contributed by atoms with Crippen LogP contribution < -0.4 is 0 Å². The topological polar surface area (TPSA) is 17.8 Å². The first-order chi connectivity index (χ1) is 18.8. The van der Waals surface area contributed by atoms with E-state index in [0.29, 0.717) is 0 Å². The molecular formula is C36H28N2. The Balaban J connectivity index is 0.000000330. The highest BCUT2D eigenvalue weighted by molar-refractivity contribution is 6.09. The fraction of sp³-hybridized carbons (Fsp3) is 0.0278. The number of aryl methyl sites for hydroxylation is 1. The Kier molecular flexibility index (Phi) is 6.53. The van der Waals surface area contributed by atoms with Gasteiger partial charge in [-0.3, -0.25) is 4.98 Å². The van der Waals surface area contributed by atoms with E-state index in [9.17, 15) is 0 Å². The van der Waals surface area contributed by atoms with Crippen molar-refractivity contribution in [1.82, 2.24) is 9.55 Å². The normalized spacial score (nSPS) is 10.8. The van der Waals surface area contributed by atoms with E-state index >= 15 is 0 Å². The molecule has 2 heteroatoms. The highest BCUT2D eigenvalue weighted by Crippen LogP contribution is 2.33. The van der Waals surface area contributed by atoms with Gasteiger partial charge in [0.05, 0.1) is 16.7 Å². The molecule has 0 unspecified atom stereocenters. The van der Waals surface area contributed by atoms with Crippen LogP contribution in [-0.2, 0) is 0 Å². The summed E-state index contributed by atoms with van der Waals surface area (Å²) in [5.74, 6) is 0. The zero-order valence-electron chi connectivity index (χ0n) is 21.3. The summed E-state index contributed by atoms with van der Waals surface area (Å²) in [6.07, 6.45) is 1.89. The van der Waals surface area contributed by atoms with Gasteiger partial charge in [-0.05, 0) is 54.4 Å². The Morgan fingerprint density at radius 2 is 1.03 bits per heavy atom. The maximum absolute atomic E-state index is 4.58. The van der Waals surface area contributed by atoms with Crippen molar-refractivity contribution in [2.45, 2.75) is 6.92 Å². The van der Waals surface area contributed by atoms with Gasteiger partial charge in [0.15, 0.2) is 0 Å². The third kappa shape index (κ3) is 4.72. The van der Waals surface area contributed by atoms with Crippen LogP contribution >= 0.6 is 0 Å². The first kappa shape index (κ1) is 23.4. The van der Waals surface area contributed by atoms with Gasteiger partial charge in [0.1, 0.15) is 0 Å². The molecule has 38 heavy (non-hydrogen) atoms. The lowest BCUT2D eigenvalue weighted by atomic mass is 10.0. The number of fused-ring (bicyclic) bond motifs is 3. The number of hydrogen-bond donors (Lipinski definition) is 0. The number of hydrogen-bond acceptors (Lipinski definition) is 1. The molecule has 0 bridgehead atoms. The molecule has 5 aromatic carbocycles. The van der Waals surface area contributed by atoms with Gasteiger partial charge in [0.2, 0.25) is 0 Å². The number of aromatic nitrogens is 2. The summed E-state index contributed by atoms with van der Waals surface area (Å²) in [7, 11) is 0. The predicted octanol–water partition coefficient (Wildman–Crippen LogP) is 9.51. The second-order valence-electron chi connectivity index (χ2n) is 9.37. The molecule has 7 aromatic rings. The fourth-order valence-electron chi connectivity index (χ4n) is 4.94. The quantitative estimate of drug-likeness (QED) is 0.242. The Bertz CT molecular complexity index is 1760. The van der Waals surface area contributed by atoms with E-state index in [2.05, 4.69) is 126 Å². The van der Waals surface area contributed by atoms with Crippen molar-refractivity contribution in [3.63, 3.8) is 0 Å². The van der Waals surface area contributed by atoms with Crippen LogP contribution in [0.15, 0.2) is 152 Å². The smallest absolute Gasteiger partial charge is 0.0708 e. The first-order valence-electron chi connectivity index (χ1n) is 12.9. The predicted molar refractivity (Wildman–Crippen MR) is 161 cm³/mol. The molecule has 0 saturated carbocycles. The molecule has 0 saturated heterocycles. The molecule has 0 aliphatic rings. The van der Waals surface area contributed by atoms with Crippen molar-refractivity contribution in [3.8, 4) is 28.1 Å². The Hall–Kier alpha value is -4.95. The Labute approximate surface area is 223 Å².